The third-order valence-electron chi connectivity index (χ3n) is 4.05. The molecule has 0 amide bonds. The Morgan fingerprint density at radius 3 is 2.50 bits per heavy atom. The van der Waals surface area contributed by atoms with E-state index in [9.17, 15) is 14.7 Å². The maximum absolute atomic E-state index is 11.4. The Balaban J connectivity index is 1.95. The zero-order chi connectivity index (χ0) is 18.5. The first-order valence-electron chi connectivity index (χ1n) is 8.09. The van der Waals surface area contributed by atoms with Gasteiger partial charge in [0.1, 0.15) is 17.8 Å². The number of hydrogen-bond donors (Lipinski definition) is 1. The second-order valence-corrected chi connectivity index (χ2v) is 5.75. The van der Waals surface area contributed by atoms with Crippen LogP contribution in [0.2, 0.25) is 0 Å². The van der Waals surface area contributed by atoms with Crippen molar-refractivity contribution in [2.45, 2.75) is 13.3 Å². The first-order valence-corrected chi connectivity index (χ1v) is 8.09. The zero-order valence-corrected chi connectivity index (χ0v) is 14.2. The van der Waals surface area contributed by atoms with Crippen LogP contribution in [0.4, 0.5) is 0 Å². The molecule has 5 heteroatoms. The van der Waals surface area contributed by atoms with Gasteiger partial charge in [0.15, 0.2) is 5.69 Å². The number of nitrogens with zero attached hydrogens (tertiary/aromatic N) is 1. The van der Waals surface area contributed by atoms with Crippen LogP contribution in [-0.4, -0.2) is 22.3 Å². The van der Waals surface area contributed by atoms with E-state index in [-0.39, 0.29) is 5.69 Å². The fourth-order valence-corrected chi connectivity index (χ4v) is 2.73. The number of carboxylic acids is 1. The lowest BCUT2D eigenvalue weighted by Crippen LogP contribution is -2.03. The van der Waals surface area contributed by atoms with E-state index in [0.717, 1.165) is 23.0 Å². The Hall–Kier alpha value is -3.47. The lowest BCUT2D eigenvalue weighted by Gasteiger charge is -2.14. The highest BCUT2D eigenvalue weighted by molar-refractivity contribution is 5.94. The Morgan fingerprint density at radius 1 is 1.08 bits per heavy atom. The molecule has 0 unspecified atom stereocenters. The van der Waals surface area contributed by atoms with Crippen molar-refractivity contribution >= 4 is 12.3 Å². The summed E-state index contributed by atoms with van der Waals surface area (Å²) in [5.74, 6) is 0.201. The fourth-order valence-electron chi connectivity index (χ4n) is 2.73. The van der Waals surface area contributed by atoms with Crippen molar-refractivity contribution in [1.82, 2.24) is 4.98 Å². The maximum Gasteiger partial charge on any atom is 0.355 e. The Bertz CT molecular complexity index is 948. The number of carbonyl (C=O) groups excluding carboxylic acids is 1. The van der Waals surface area contributed by atoms with Crippen LogP contribution in [0.15, 0.2) is 60.8 Å². The average molecular weight is 347 g/mol. The number of aromatic carboxylic acids is 1. The van der Waals surface area contributed by atoms with Gasteiger partial charge in [-0.2, -0.15) is 0 Å². The van der Waals surface area contributed by atoms with E-state index < -0.39 is 5.97 Å². The van der Waals surface area contributed by atoms with Crippen LogP contribution in [0, 0.1) is 6.92 Å². The average Bonchev–Trinajstić information content (AvgIpc) is 2.65. The summed E-state index contributed by atoms with van der Waals surface area (Å²) in [5.41, 5.74) is 3.04. The Morgan fingerprint density at radius 2 is 1.81 bits per heavy atom. The van der Waals surface area contributed by atoms with Crippen molar-refractivity contribution in [3.8, 4) is 22.6 Å². The number of hydrogen-bond acceptors (Lipinski definition) is 4. The Kier molecular flexibility index (Phi) is 5.08. The largest absolute Gasteiger partial charge is 0.476 e. The molecular formula is C21H17NO4. The molecule has 5 nitrogen and oxygen atoms in total. The summed E-state index contributed by atoms with van der Waals surface area (Å²) in [7, 11) is 0. The topological polar surface area (TPSA) is 76.5 Å². The molecule has 1 heterocycles. The summed E-state index contributed by atoms with van der Waals surface area (Å²) >= 11 is 0. The second-order valence-electron chi connectivity index (χ2n) is 5.75. The van der Waals surface area contributed by atoms with Gasteiger partial charge in [-0.1, -0.05) is 30.3 Å². The van der Waals surface area contributed by atoms with Crippen molar-refractivity contribution in [2.75, 3.05) is 0 Å². The van der Waals surface area contributed by atoms with Crippen LogP contribution in [0.25, 0.3) is 11.1 Å². The van der Waals surface area contributed by atoms with Crippen LogP contribution in [-0.2, 0) is 11.2 Å². The van der Waals surface area contributed by atoms with Crippen LogP contribution in [0.3, 0.4) is 0 Å². The number of carbonyl (C=O) groups is 2. The van der Waals surface area contributed by atoms with Crippen molar-refractivity contribution < 1.29 is 19.4 Å². The highest BCUT2D eigenvalue weighted by atomic mass is 16.5. The number of benzene rings is 2. The minimum atomic E-state index is -1.07. The highest BCUT2D eigenvalue weighted by Crippen LogP contribution is 2.33. The summed E-state index contributed by atoms with van der Waals surface area (Å²) in [5, 5.41) is 9.37. The van der Waals surface area contributed by atoms with Gasteiger partial charge in [0.05, 0.1) is 0 Å². The summed E-state index contributed by atoms with van der Waals surface area (Å²) in [6.07, 6.45) is 2.69. The molecule has 0 saturated carbocycles. The molecular weight excluding hydrogens is 330 g/mol. The lowest BCUT2D eigenvalue weighted by molar-refractivity contribution is -0.107. The van der Waals surface area contributed by atoms with Crippen LogP contribution in [0.5, 0.6) is 11.5 Å². The molecule has 0 saturated heterocycles. The maximum atomic E-state index is 11.4. The van der Waals surface area contributed by atoms with Crippen LogP contribution in [0.1, 0.15) is 21.6 Å². The number of aldehydes is 1. The number of aromatic nitrogens is 1. The molecule has 26 heavy (non-hydrogen) atoms. The fraction of sp³-hybridized carbons (Fsp3) is 0.0952. The molecule has 130 valence electrons. The molecule has 3 rings (SSSR count). The van der Waals surface area contributed by atoms with E-state index in [1.165, 1.54) is 6.20 Å². The van der Waals surface area contributed by atoms with Gasteiger partial charge in [-0.25, -0.2) is 9.78 Å². The van der Waals surface area contributed by atoms with Gasteiger partial charge in [0, 0.05) is 18.2 Å². The first-order chi connectivity index (χ1) is 12.6. The minimum absolute atomic E-state index is 0.00552. The smallest absolute Gasteiger partial charge is 0.355 e. The molecule has 0 spiro atoms. The third kappa shape index (κ3) is 3.62. The second kappa shape index (κ2) is 7.61. The molecule has 0 atom stereocenters. The summed E-state index contributed by atoms with van der Waals surface area (Å²) in [6.45, 7) is 1.88. The van der Waals surface area contributed by atoms with Crippen molar-refractivity contribution in [3.05, 3.63) is 77.6 Å². The molecule has 0 bridgehead atoms. The van der Waals surface area contributed by atoms with E-state index in [0.29, 0.717) is 23.5 Å². The number of rotatable bonds is 6. The van der Waals surface area contributed by atoms with Gasteiger partial charge in [-0.3, -0.25) is 0 Å². The summed E-state index contributed by atoms with van der Waals surface area (Å²) in [6, 6.07) is 16.2. The third-order valence-corrected chi connectivity index (χ3v) is 4.05. The van der Waals surface area contributed by atoms with Crippen molar-refractivity contribution in [2.24, 2.45) is 0 Å². The van der Waals surface area contributed by atoms with Gasteiger partial charge in [-0.15, -0.1) is 0 Å². The number of carboxylic acid groups (broad SMARTS) is 1. The first kappa shape index (κ1) is 17.4. The van der Waals surface area contributed by atoms with E-state index in [4.69, 9.17) is 4.74 Å². The molecule has 1 aromatic heterocycles. The van der Waals surface area contributed by atoms with Crippen LogP contribution < -0.4 is 4.74 Å². The standard InChI is InChI=1S/C21H17NO4/c1-14-17(18-5-3-12-22-20(18)21(24)25)4-2-6-19(14)26-16-9-7-15(8-10-16)11-13-23/h2-10,12-13H,11H2,1H3,(H,24,25). The number of pyridine rings is 1. The molecule has 0 fully saturated rings. The van der Waals surface area contributed by atoms with Gasteiger partial charge < -0.3 is 14.6 Å². The van der Waals surface area contributed by atoms with Crippen molar-refractivity contribution in [1.29, 1.82) is 0 Å². The molecule has 0 aliphatic heterocycles. The number of ether oxygens (including phenoxy) is 1. The van der Waals surface area contributed by atoms with E-state index >= 15 is 0 Å². The molecule has 3 aromatic rings. The van der Waals surface area contributed by atoms with Gasteiger partial charge >= 0.3 is 5.97 Å². The minimum Gasteiger partial charge on any atom is -0.476 e. The van der Waals surface area contributed by atoms with Crippen molar-refractivity contribution in [3.63, 3.8) is 0 Å². The normalized spacial score (nSPS) is 10.3. The molecule has 0 aliphatic rings. The van der Waals surface area contributed by atoms with Gasteiger partial charge in [-0.05, 0) is 47.9 Å². The molecule has 1 N–H and O–H groups in total. The summed E-state index contributed by atoms with van der Waals surface area (Å²) in [4.78, 5) is 26.0. The monoisotopic (exact) mass is 347 g/mol. The highest BCUT2D eigenvalue weighted by Gasteiger charge is 2.16. The lowest BCUT2D eigenvalue weighted by atomic mass is 9.98. The van der Waals surface area contributed by atoms with Crippen LogP contribution >= 0.6 is 0 Å². The quantitative estimate of drug-likeness (QED) is 0.673. The predicted octanol–water partition coefficient (Wildman–Crippen LogP) is 4.29. The van der Waals surface area contributed by atoms with Gasteiger partial charge in [0.2, 0.25) is 0 Å². The predicted molar refractivity (Wildman–Crippen MR) is 97.7 cm³/mol. The van der Waals surface area contributed by atoms with E-state index in [1.807, 2.05) is 37.3 Å². The zero-order valence-electron chi connectivity index (χ0n) is 14.2. The van der Waals surface area contributed by atoms with E-state index in [1.54, 1.807) is 24.3 Å². The molecule has 0 radical (unpaired) electrons. The van der Waals surface area contributed by atoms with Gasteiger partial charge in [0.25, 0.3) is 0 Å². The summed E-state index contributed by atoms with van der Waals surface area (Å²) < 4.78 is 5.95. The SMILES string of the molecule is Cc1c(Oc2ccc(CC=O)cc2)cccc1-c1cccnc1C(=O)O. The Labute approximate surface area is 150 Å². The molecule has 0 aliphatic carbocycles. The van der Waals surface area contributed by atoms with E-state index in [2.05, 4.69) is 4.98 Å². The molecule has 2 aromatic carbocycles.